The van der Waals surface area contributed by atoms with Gasteiger partial charge in [0.2, 0.25) is 0 Å². The minimum Gasteiger partial charge on any atom is -0.440 e. The summed E-state index contributed by atoms with van der Waals surface area (Å²) in [5.74, 6) is -4.12. The molecular weight excluding hydrogens is 252 g/mol. The zero-order valence-electron chi connectivity index (χ0n) is 8.91. The zero-order chi connectivity index (χ0) is 13.0. The number of hydrogen-bond donors (Lipinski definition) is 0. The van der Waals surface area contributed by atoms with Gasteiger partial charge >= 0.3 is 19.7 Å². The molecule has 96 valence electrons. The second-order valence-corrected chi connectivity index (χ2v) is 4.82. The third-order valence-electron chi connectivity index (χ3n) is 1.41. The van der Waals surface area contributed by atoms with Gasteiger partial charge in [0.1, 0.15) is 0 Å². The van der Waals surface area contributed by atoms with Crippen molar-refractivity contribution < 1.29 is 36.3 Å². The van der Waals surface area contributed by atoms with E-state index in [1.54, 1.807) is 0 Å². The maximum atomic E-state index is 12.5. The van der Waals surface area contributed by atoms with E-state index in [2.05, 4.69) is 13.8 Å². The summed E-state index contributed by atoms with van der Waals surface area (Å²) in [5, 5.41) is 0. The lowest BCUT2D eigenvalue weighted by molar-refractivity contribution is -0.202. The van der Waals surface area contributed by atoms with Crippen molar-refractivity contribution in [3.63, 3.8) is 0 Å². The maximum absolute atomic E-state index is 12.5. The quantitative estimate of drug-likeness (QED) is 0.563. The molecule has 2 atom stereocenters. The fourth-order valence-electron chi connectivity index (χ4n) is 0.864. The van der Waals surface area contributed by atoms with Crippen molar-refractivity contribution in [2.24, 2.45) is 0 Å². The van der Waals surface area contributed by atoms with Crippen LogP contribution in [-0.4, -0.2) is 31.7 Å². The summed E-state index contributed by atoms with van der Waals surface area (Å²) in [6.07, 6.45) is -5.02. The van der Waals surface area contributed by atoms with Crippen molar-refractivity contribution in [1.82, 2.24) is 0 Å². The van der Waals surface area contributed by atoms with Gasteiger partial charge in [-0.05, 0) is 6.92 Å². The lowest BCUT2D eigenvalue weighted by Gasteiger charge is -2.26. The standard InChI is InChI=1S/C7H12F3O5P/c1-4-14-16(12,13-3)6(7(8,9)10)15-5(2)11/h6H,4H2,1-3H3. The molecule has 0 aliphatic carbocycles. The number of esters is 1. The Morgan fingerprint density at radius 1 is 1.44 bits per heavy atom. The number of carbonyl (C=O) groups is 1. The first-order chi connectivity index (χ1) is 7.17. The highest BCUT2D eigenvalue weighted by Crippen LogP contribution is 2.57. The molecule has 5 nitrogen and oxygen atoms in total. The van der Waals surface area contributed by atoms with Crippen LogP contribution in [0.3, 0.4) is 0 Å². The molecule has 0 aromatic carbocycles. The van der Waals surface area contributed by atoms with Crippen LogP contribution in [0.2, 0.25) is 0 Å². The third-order valence-corrected chi connectivity index (χ3v) is 3.51. The largest absolute Gasteiger partial charge is 0.440 e. The van der Waals surface area contributed by atoms with Gasteiger partial charge in [-0.15, -0.1) is 0 Å². The molecule has 0 aromatic rings. The van der Waals surface area contributed by atoms with Gasteiger partial charge in [-0.2, -0.15) is 13.2 Å². The first kappa shape index (κ1) is 15.4. The van der Waals surface area contributed by atoms with Crippen LogP contribution in [0.5, 0.6) is 0 Å². The lowest BCUT2D eigenvalue weighted by Crippen LogP contribution is -2.34. The van der Waals surface area contributed by atoms with Gasteiger partial charge in [0.25, 0.3) is 5.85 Å². The Bertz CT molecular complexity index is 290. The average Bonchev–Trinajstić information content (AvgIpc) is 2.12. The normalized spacial score (nSPS) is 17.6. The Morgan fingerprint density at radius 2 is 1.94 bits per heavy atom. The summed E-state index contributed by atoms with van der Waals surface area (Å²) >= 11 is 0. The highest BCUT2D eigenvalue weighted by Gasteiger charge is 2.56. The Hall–Kier alpha value is -0.590. The summed E-state index contributed by atoms with van der Waals surface area (Å²) in [6, 6.07) is 0. The number of alkyl halides is 3. The molecule has 0 aromatic heterocycles. The van der Waals surface area contributed by atoms with Gasteiger partial charge in [-0.1, -0.05) is 0 Å². The van der Waals surface area contributed by atoms with E-state index in [0.29, 0.717) is 0 Å². The van der Waals surface area contributed by atoms with E-state index in [9.17, 15) is 22.5 Å². The minimum absolute atomic E-state index is 0.265. The molecule has 0 fully saturated rings. The Labute approximate surface area is 90.4 Å². The number of rotatable bonds is 5. The van der Waals surface area contributed by atoms with E-state index in [-0.39, 0.29) is 6.61 Å². The van der Waals surface area contributed by atoms with Crippen molar-refractivity contribution >= 4 is 13.6 Å². The smallest absolute Gasteiger partial charge is 0.437 e. The molecule has 9 heteroatoms. The molecule has 16 heavy (non-hydrogen) atoms. The van der Waals surface area contributed by atoms with Crippen molar-refractivity contribution in [3.8, 4) is 0 Å². The molecule has 0 heterocycles. The summed E-state index contributed by atoms with van der Waals surface area (Å²) in [6.45, 7) is 1.84. The lowest BCUT2D eigenvalue weighted by atomic mass is 10.7. The second kappa shape index (κ2) is 5.65. The summed E-state index contributed by atoms with van der Waals surface area (Å²) < 4.78 is 61.6. The van der Waals surface area contributed by atoms with Gasteiger partial charge in [0.05, 0.1) is 6.61 Å². The Balaban J connectivity index is 5.14. The predicted molar refractivity (Wildman–Crippen MR) is 47.9 cm³/mol. The van der Waals surface area contributed by atoms with Crippen molar-refractivity contribution in [3.05, 3.63) is 0 Å². The van der Waals surface area contributed by atoms with Gasteiger partial charge < -0.3 is 13.8 Å². The number of hydrogen-bond acceptors (Lipinski definition) is 5. The summed E-state index contributed by atoms with van der Waals surface area (Å²) in [5.41, 5.74) is 0. The maximum Gasteiger partial charge on any atom is 0.437 e. The topological polar surface area (TPSA) is 61.8 Å². The molecule has 0 aliphatic rings. The van der Waals surface area contributed by atoms with E-state index in [0.717, 1.165) is 14.0 Å². The highest BCUT2D eigenvalue weighted by molar-refractivity contribution is 7.54. The van der Waals surface area contributed by atoms with Crippen LogP contribution in [0, 0.1) is 0 Å². The molecule has 0 aliphatic heterocycles. The van der Waals surface area contributed by atoms with Crippen LogP contribution >= 0.6 is 7.60 Å². The Kier molecular flexibility index (Phi) is 5.44. The third kappa shape index (κ3) is 4.11. The second-order valence-electron chi connectivity index (χ2n) is 2.64. The fourth-order valence-corrected chi connectivity index (χ4v) is 2.29. The van der Waals surface area contributed by atoms with Crippen molar-refractivity contribution in [2.45, 2.75) is 25.9 Å². The monoisotopic (exact) mass is 264 g/mol. The minimum atomic E-state index is -5.02. The molecule has 0 bridgehead atoms. The summed E-state index contributed by atoms with van der Waals surface area (Å²) in [4.78, 5) is 10.5. The fraction of sp³-hybridized carbons (Fsp3) is 0.857. The number of carbonyl (C=O) groups excluding carboxylic acids is 1. The Morgan fingerprint density at radius 3 is 2.19 bits per heavy atom. The molecule has 0 rings (SSSR count). The van der Waals surface area contributed by atoms with Crippen LogP contribution in [-0.2, 0) is 23.1 Å². The number of halogens is 3. The van der Waals surface area contributed by atoms with E-state index >= 15 is 0 Å². The van der Waals surface area contributed by atoms with Gasteiger partial charge in [0.15, 0.2) is 0 Å². The molecule has 0 saturated carbocycles. The van der Waals surface area contributed by atoms with Crippen molar-refractivity contribution in [1.29, 1.82) is 0 Å². The molecular formula is C7H12F3O5P. The molecule has 2 unspecified atom stereocenters. The van der Waals surface area contributed by atoms with Crippen LogP contribution in [0.1, 0.15) is 13.8 Å². The van der Waals surface area contributed by atoms with Crippen LogP contribution < -0.4 is 0 Å². The first-order valence-corrected chi connectivity index (χ1v) is 5.82. The SMILES string of the molecule is CCOP(=O)(OC)C(OC(C)=O)C(F)(F)F. The van der Waals surface area contributed by atoms with E-state index in [1.165, 1.54) is 6.92 Å². The molecule has 0 radical (unpaired) electrons. The van der Waals surface area contributed by atoms with Crippen LogP contribution in [0.15, 0.2) is 0 Å². The number of ether oxygens (including phenoxy) is 1. The van der Waals surface area contributed by atoms with E-state index in [4.69, 9.17) is 0 Å². The van der Waals surface area contributed by atoms with Gasteiger partial charge in [-0.25, -0.2) is 0 Å². The highest BCUT2D eigenvalue weighted by atomic mass is 31.2. The van der Waals surface area contributed by atoms with Crippen molar-refractivity contribution in [2.75, 3.05) is 13.7 Å². The van der Waals surface area contributed by atoms with E-state index in [1.807, 2.05) is 0 Å². The molecule has 0 N–H and O–H groups in total. The first-order valence-electron chi connectivity index (χ1n) is 4.21. The predicted octanol–water partition coefficient (Wildman–Crippen LogP) is 2.31. The molecule has 0 saturated heterocycles. The van der Waals surface area contributed by atoms with Crippen LogP contribution in [0.4, 0.5) is 13.2 Å². The average molecular weight is 264 g/mol. The van der Waals surface area contributed by atoms with Crippen LogP contribution in [0.25, 0.3) is 0 Å². The zero-order valence-corrected chi connectivity index (χ0v) is 9.80. The summed E-state index contributed by atoms with van der Waals surface area (Å²) in [7, 11) is -3.76. The molecule has 0 spiro atoms. The van der Waals surface area contributed by atoms with E-state index < -0.39 is 25.6 Å². The molecule has 0 amide bonds. The van der Waals surface area contributed by atoms with Gasteiger partial charge in [-0.3, -0.25) is 9.36 Å². The van der Waals surface area contributed by atoms with Gasteiger partial charge in [0, 0.05) is 14.0 Å².